The van der Waals surface area contributed by atoms with Crippen molar-refractivity contribution in [2.24, 2.45) is 11.5 Å². The number of carbonyl (C=O) groups excluding carboxylic acids is 1. The van der Waals surface area contributed by atoms with Crippen LogP contribution in [-0.4, -0.2) is 33.9 Å². The van der Waals surface area contributed by atoms with Crippen molar-refractivity contribution in [3.8, 4) is 0 Å². The van der Waals surface area contributed by atoms with Gasteiger partial charge in [0.2, 0.25) is 0 Å². The summed E-state index contributed by atoms with van der Waals surface area (Å²) in [6, 6.07) is 5.76. The molecule has 0 fully saturated rings. The highest BCUT2D eigenvalue weighted by molar-refractivity contribution is 5.90. The third kappa shape index (κ3) is 3.04. The molecule has 0 spiro atoms. The molecule has 2 aromatic rings. The third-order valence-electron chi connectivity index (χ3n) is 3.27. The normalized spacial score (nSPS) is 14.1. The lowest BCUT2D eigenvalue weighted by molar-refractivity contribution is -0.140. The van der Waals surface area contributed by atoms with Gasteiger partial charge in [-0.3, -0.25) is 9.59 Å². The Morgan fingerprint density at radius 2 is 1.90 bits per heavy atom. The first-order chi connectivity index (χ1) is 9.49. The largest absolute Gasteiger partial charge is 0.480 e. The van der Waals surface area contributed by atoms with Crippen molar-refractivity contribution in [3.05, 3.63) is 36.0 Å². The lowest BCUT2D eigenvalue weighted by Gasteiger charge is -2.12. The van der Waals surface area contributed by atoms with E-state index in [0.717, 1.165) is 16.5 Å². The average Bonchev–Trinajstić information content (AvgIpc) is 2.82. The summed E-state index contributed by atoms with van der Waals surface area (Å²) in [6.45, 7) is 0. The molecule has 0 saturated heterocycles. The molecule has 2 rings (SSSR count). The fourth-order valence-corrected chi connectivity index (χ4v) is 2.11. The molecule has 106 valence electrons. The van der Waals surface area contributed by atoms with Gasteiger partial charge in [-0.15, -0.1) is 0 Å². The maximum absolute atomic E-state index is 11.8. The molecule has 6 nitrogen and oxygen atoms in total. The second-order valence-electron chi connectivity index (χ2n) is 4.79. The smallest absolute Gasteiger partial charge is 0.320 e. The minimum atomic E-state index is -1.20. The van der Waals surface area contributed by atoms with Crippen LogP contribution in [0.25, 0.3) is 10.9 Å². The maximum atomic E-state index is 11.8. The zero-order valence-electron chi connectivity index (χ0n) is 10.9. The number of Topliss-reactive ketones (excluding diaryl/α,β-unsaturated/α-hetero) is 1. The van der Waals surface area contributed by atoms with Crippen molar-refractivity contribution in [2.75, 3.05) is 0 Å². The van der Waals surface area contributed by atoms with Crippen LogP contribution in [0.5, 0.6) is 0 Å². The van der Waals surface area contributed by atoms with E-state index >= 15 is 0 Å². The molecular weight excluding hydrogens is 258 g/mol. The Labute approximate surface area is 115 Å². The number of ketones is 1. The van der Waals surface area contributed by atoms with E-state index in [-0.39, 0.29) is 12.2 Å². The molecule has 0 aliphatic heterocycles. The molecule has 2 atom stereocenters. The predicted octanol–water partition coefficient (Wildman–Crippen LogP) is 0.409. The molecule has 1 aromatic heterocycles. The number of carbonyl (C=O) groups is 2. The number of aromatic nitrogens is 1. The van der Waals surface area contributed by atoms with Crippen LogP contribution < -0.4 is 11.5 Å². The minimum Gasteiger partial charge on any atom is -0.480 e. The monoisotopic (exact) mass is 275 g/mol. The minimum absolute atomic E-state index is 0.251. The molecule has 20 heavy (non-hydrogen) atoms. The maximum Gasteiger partial charge on any atom is 0.320 e. The van der Waals surface area contributed by atoms with E-state index in [1.165, 1.54) is 0 Å². The van der Waals surface area contributed by atoms with E-state index < -0.39 is 18.1 Å². The predicted molar refractivity (Wildman–Crippen MR) is 75.2 cm³/mol. The average molecular weight is 275 g/mol. The first-order valence-electron chi connectivity index (χ1n) is 6.30. The zero-order chi connectivity index (χ0) is 14.7. The van der Waals surface area contributed by atoms with Gasteiger partial charge in [0, 0.05) is 23.5 Å². The van der Waals surface area contributed by atoms with Crippen LogP contribution in [0.2, 0.25) is 0 Å². The highest BCUT2D eigenvalue weighted by Crippen LogP contribution is 2.19. The molecule has 0 aliphatic carbocycles. The molecule has 1 aromatic carbocycles. The van der Waals surface area contributed by atoms with Crippen LogP contribution in [0.4, 0.5) is 0 Å². The van der Waals surface area contributed by atoms with Crippen LogP contribution in [0, 0.1) is 0 Å². The van der Waals surface area contributed by atoms with E-state index in [2.05, 4.69) is 4.98 Å². The summed E-state index contributed by atoms with van der Waals surface area (Å²) in [5.41, 5.74) is 13.1. The standard InChI is InChI=1S/C14H17N3O3/c15-10(13(18)6-11(16)14(19)20)5-8-7-17-12-4-2-1-3-9(8)12/h1-4,7,10-11,17H,5-6,15-16H2,(H,19,20)/t10?,11-/m0/s1. The molecular formula is C14H17N3O3. The molecule has 0 amide bonds. The third-order valence-corrected chi connectivity index (χ3v) is 3.27. The van der Waals surface area contributed by atoms with Gasteiger partial charge in [0.25, 0.3) is 0 Å². The van der Waals surface area contributed by atoms with Crippen molar-refractivity contribution in [3.63, 3.8) is 0 Å². The van der Waals surface area contributed by atoms with Crippen LogP contribution >= 0.6 is 0 Å². The summed E-state index contributed by atoms with van der Waals surface area (Å²) in [5.74, 6) is -1.54. The Bertz CT molecular complexity index is 635. The van der Waals surface area contributed by atoms with E-state index in [4.69, 9.17) is 16.6 Å². The Kier molecular flexibility index (Phi) is 4.16. The van der Waals surface area contributed by atoms with Gasteiger partial charge in [0.1, 0.15) is 6.04 Å². The SMILES string of the molecule is NC(Cc1c[nH]c2ccccc12)C(=O)C[C@H](N)C(=O)O. The van der Waals surface area contributed by atoms with Gasteiger partial charge in [-0.1, -0.05) is 18.2 Å². The number of aromatic amines is 1. The second kappa shape index (κ2) is 5.85. The first kappa shape index (κ1) is 14.2. The van der Waals surface area contributed by atoms with E-state index in [9.17, 15) is 9.59 Å². The lowest BCUT2D eigenvalue weighted by Crippen LogP contribution is -2.40. The van der Waals surface area contributed by atoms with Gasteiger partial charge in [0.05, 0.1) is 6.04 Å². The number of aliphatic carboxylic acids is 1. The number of rotatable bonds is 6. The number of carboxylic acids is 1. The first-order valence-corrected chi connectivity index (χ1v) is 6.30. The number of nitrogens with one attached hydrogen (secondary N) is 1. The van der Waals surface area contributed by atoms with Gasteiger partial charge in [-0.2, -0.15) is 0 Å². The number of H-pyrrole nitrogens is 1. The fraction of sp³-hybridized carbons (Fsp3) is 0.286. The van der Waals surface area contributed by atoms with Crippen LogP contribution in [0.1, 0.15) is 12.0 Å². The topological polar surface area (TPSA) is 122 Å². The van der Waals surface area contributed by atoms with Gasteiger partial charge in [-0.25, -0.2) is 0 Å². The van der Waals surface area contributed by atoms with Crippen LogP contribution in [0.3, 0.4) is 0 Å². The van der Waals surface area contributed by atoms with Gasteiger partial charge < -0.3 is 21.6 Å². The second-order valence-corrected chi connectivity index (χ2v) is 4.79. The summed E-state index contributed by atoms with van der Waals surface area (Å²) in [7, 11) is 0. The van der Waals surface area contributed by atoms with Crippen LogP contribution in [-0.2, 0) is 16.0 Å². The van der Waals surface area contributed by atoms with Crippen LogP contribution in [0.15, 0.2) is 30.5 Å². The van der Waals surface area contributed by atoms with Gasteiger partial charge in [0.15, 0.2) is 5.78 Å². The Morgan fingerprint density at radius 3 is 2.60 bits per heavy atom. The van der Waals surface area contributed by atoms with Gasteiger partial charge in [-0.05, 0) is 18.1 Å². The van der Waals surface area contributed by atoms with Crippen molar-refractivity contribution in [1.29, 1.82) is 0 Å². The number of hydrogen-bond donors (Lipinski definition) is 4. The highest BCUT2D eigenvalue weighted by atomic mass is 16.4. The molecule has 0 radical (unpaired) electrons. The van der Waals surface area contributed by atoms with Gasteiger partial charge >= 0.3 is 5.97 Å². The van der Waals surface area contributed by atoms with Crippen molar-refractivity contribution in [2.45, 2.75) is 24.9 Å². The van der Waals surface area contributed by atoms with Crippen molar-refractivity contribution < 1.29 is 14.7 Å². The van der Waals surface area contributed by atoms with E-state index in [0.29, 0.717) is 6.42 Å². The summed E-state index contributed by atoms with van der Waals surface area (Å²) in [4.78, 5) is 25.6. The Hall–Kier alpha value is -2.18. The molecule has 0 saturated carbocycles. The molecule has 0 bridgehead atoms. The van der Waals surface area contributed by atoms with E-state index in [1.54, 1.807) is 0 Å². The van der Waals surface area contributed by atoms with Crippen molar-refractivity contribution in [1.82, 2.24) is 4.98 Å². The van der Waals surface area contributed by atoms with Crippen molar-refractivity contribution >= 4 is 22.7 Å². The number of carboxylic acid groups (broad SMARTS) is 1. The molecule has 1 unspecified atom stereocenters. The number of fused-ring (bicyclic) bond motifs is 1. The molecule has 1 heterocycles. The number of benzene rings is 1. The summed E-state index contributed by atoms with van der Waals surface area (Å²) in [5, 5.41) is 9.70. The summed E-state index contributed by atoms with van der Waals surface area (Å²) < 4.78 is 0. The molecule has 6 N–H and O–H groups in total. The number of nitrogens with two attached hydrogens (primary N) is 2. The summed E-state index contributed by atoms with van der Waals surface area (Å²) in [6.07, 6.45) is 1.92. The molecule has 0 aliphatic rings. The summed E-state index contributed by atoms with van der Waals surface area (Å²) >= 11 is 0. The molecule has 6 heteroatoms. The quantitative estimate of drug-likeness (QED) is 0.608. The highest BCUT2D eigenvalue weighted by Gasteiger charge is 2.22. The number of para-hydroxylation sites is 1. The number of hydrogen-bond acceptors (Lipinski definition) is 4. The fourth-order valence-electron chi connectivity index (χ4n) is 2.11. The Balaban J connectivity index is 2.06. The van der Waals surface area contributed by atoms with E-state index in [1.807, 2.05) is 30.5 Å². The lowest BCUT2D eigenvalue weighted by atomic mass is 9.99. The Morgan fingerprint density at radius 1 is 1.20 bits per heavy atom. The zero-order valence-corrected chi connectivity index (χ0v) is 10.9.